The third-order valence-corrected chi connectivity index (χ3v) is 4.57. The van der Waals surface area contributed by atoms with Crippen LogP contribution in [0.25, 0.3) is 0 Å². The SMILES string of the molecule is O=C(c1nccc(N2CCNCC2)n1)c1ccccc1C#Cc1ccccc1. The summed E-state index contributed by atoms with van der Waals surface area (Å²) in [4.78, 5) is 24.0. The Kier molecular flexibility index (Phi) is 5.41. The molecule has 1 aromatic heterocycles. The molecule has 0 aliphatic carbocycles. The van der Waals surface area contributed by atoms with Gasteiger partial charge < -0.3 is 10.2 Å². The molecule has 0 saturated carbocycles. The van der Waals surface area contributed by atoms with E-state index in [1.54, 1.807) is 12.3 Å². The van der Waals surface area contributed by atoms with Crippen LogP contribution in [0.15, 0.2) is 66.9 Å². The second kappa shape index (κ2) is 8.47. The summed E-state index contributed by atoms with van der Waals surface area (Å²) in [5.41, 5.74) is 2.10. The van der Waals surface area contributed by atoms with Gasteiger partial charge in [-0.05, 0) is 30.3 Å². The second-order valence-electron chi connectivity index (χ2n) is 6.47. The highest BCUT2D eigenvalue weighted by Gasteiger charge is 2.18. The number of carbonyl (C=O) groups excluding carboxylic acids is 1. The average Bonchev–Trinajstić information content (AvgIpc) is 2.79. The van der Waals surface area contributed by atoms with Crippen LogP contribution in [0.5, 0.6) is 0 Å². The number of ketones is 1. The van der Waals surface area contributed by atoms with Crippen molar-refractivity contribution in [1.29, 1.82) is 0 Å². The van der Waals surface area contributed by atoms with E-state index < -0.39 is 0 Å². The normalized spacial score (nSPS) is 13.5. The lowest BCUT2D eigenvalue weighted by molar-refractivity contribution is 0.102. The Morgan fingerprint density at radius 3 is 2.50 bits per heavy atom. The number of hydrogen-bond donors (Lipinski definition) is 1. The molecule has 0 bridgehead atoms. The molecule has 5 heteroatoms. The zero-order chi connectivity index (χ0) is 19.2. The molecule has 0 unspecified atom stereocenters. The molecule has 138 valence electrons. The molecule has 1 aliphatic heterocycles. The predicted molar refractivity (Wildman–Crippen MR) is 109 cm³/mol. The van der Waals surface area contributed by atoms with E-state index in [0.29, 0.717) is 11.1 Å². The molecule has 1 N–H and O–H groups in total. The minimum Gasteiger partial charge on any atom is -0.354 e. The monoisotopic (exact) mass is 368 g/mol. The molecule has 0 atom stereocenters. The van der Waals surface area contributed by atoms with Crippen LogP contribution in [0.1, 0.15) is 27.3 Å². The molecule has 28 heavy (non-hydrogen) atoms. The Hall–Kier alpha value is -3.49. The first-order valence-electron chi connectivity index (χ1n) is 9.31. The standard InChI is InChI=1S/C23H20N4O/c28-22(23-25-13-12-21(26-23)27-16-14-24-15-17-27)20-9-5-4-8-19(20)11-10-18-6-2-1-3-7-18/h1-9,12-13,24H,14-17H2. The van der Waals surface area contributed by atoms with Crippen molar-refractivity contribution >= 4 is 11.6 Å². The van der Waals surface area contributed by atoms with Gasteiger partial charge in [-0.25, -0.2) is 9.97 Å². The van der Waals surface area contributed by atoms with Gasteiger partial charge in [-0.2, -0.15) is 0 Å². The van der Waals surface area contributed by atoms with Crippen LogP contribution >= 0.6 is 0 Å². The van der Waals surface area contributed by atoms with Gasteiger partial charge in [0.25, 0.3) is 0 Å². The number of aromatic nitrogens is 2. The zero-order valence-corrected chi connectivity index (χ0v) is 15.4. The number of carbonyl (C=O) groups is 1. The Morgan fingerprint density at radius 1 is 0.929 bits per heavy atom. The van der Waals surface area contributed by atoms with Crippen molar-refractivity contribution in [2.45, 2.75) is 0 Å². The quantitative estimate of drug-likeness (QED) is 0.569. The van der Waals surface area contributed by atoms with Gasteiger partial charge in [0.05, 0.1) is 0 Å². The molecule has 0 radical (unpaired) electrons. The van der Waals surface area contributed by atoms with E-state index in [-0.39, 0.29) is 11.6 Å². The number of piperazine rings is 1. The largest absolute Gasteiger partial charge is 0.354 e. The van der Waals surface area contributed by atoms with E-state index in [0.717, 1.165) is 37.6 Å². The summed E-state index contributed by atoms with van der Waals surface area (Å²) in [6, 6.07) is 18.9. The first kappa shape index (κ1) is 17.9. The van der Waals surface area contributed by atoms with Crippen molar-refractivity contribution in [1.82, 2.24) is 15.3 Å². The maximum atomic E-state index is 13.1. The van der Waals surface area contributed by atoms with Gasteiger partial charge in [0.15, 0.2) is 0 Å². The maximum Gasteiger partial charge on any atom is 0.231 e. The molecular weight excluding hydrogens is 348 g/mol. The number of benzene rings is 2. The fraction of sp³-hybridized carbons (Fsp3) is 0.174. The minimum absolute atomic E-state index is 0.199. The molecule has 1 aliphatic rings. The Labute approximate surface area is 164 Å². The molecule has 1 saturated heterocycles. The second-order valence-corrected chi connectivity index (χ2v) is 6.47. The van der Waals surface area contributed by atoms with E-state index in [2.05, 4.69) is 32.0 Å². The Morgan fingerprint density at radius 2 is 1.68 bits per heavy atom. The third-order valence-electron chi connectivity index (χ3n) is 4.57. The molecule has 0 spiro atoms. The molecule has 1 fully saturated rings. The smallest absolute Gasteiger partial charge is 0.231 e. The van der Waals surface area contributed by atoms with Crippen LogP contribution < -0.4 is 10.2 Å². The van der Waals surface area contributed by atoms with Gasteiger partial charge in [-0.3, -0.25) is 4.79 Å². The van der Waals surface area contributed by atoms with Crippen molar-refractivity contribution < 1.29 is 4.79 Å². The fourth-order valence-electron chi connectivity index (χ4n) is 3.10. The molecule has 2 heterocycles. The average molecular weight is 368 g/mol. The molecule has 2 aromatic carbocycles. The van der Waals surface area contributed by atoms with E-state index in [4.69, 9.17) is 0 Å². The lowest BCUT2D eigenvalue weighted by atomic mass is 10.0. The Bertz CT molecular complexity index is 1030. The van der Waals surface area contributed by atoms with Gasteiger partial charge in [0.2, 0.25) is 11.6 Å². The molecule has 3 aromatic rings. The van der Waals surface area contributed by atoms with Gasteiger partial charge in [0.1, 0.15) is 5.82 Å². The summed E-state index contributed by atoms with van der Waals surface area (Å²) in [5.74, 6) is 7.00. The van der Waals surface area contributed by atoms with Crippen molar-refractivity contribution in [3.05, 3.63) is 89.4 Å². The molecular formula is C23H20N4O. The highest BCUT2D eigenvalue weighted by Crippen LogP contribution is 2.15. The van der Waals surface area contributed by atoms with Crippen LogP contribution in [0.4, 0.5) is 5.82 Å². The highest BCUT2D eigenvalue weighted by atomic mass is 16.1. The highest BCUT2D eigenvalue weighted by molar-refractivity contribution is 6.08. The van der Waals surface area contributed by atoms with Gasteiger partial charge in [-0.15, -0.1) is 0 Å². The summed E-state index contributed by atoms with van der Waals surface area (Å²) < 4.78 is 0. The predicted octanol–water partition coefficient (Wildman–Crippen LogP) is 2.52. The lowest BCUT2D eigenvalue weighted by Gasteiger charge is -2.28. The number of anilines is 1. The Balaban J connectivity index is 1.63. The summed E-state index contributed by atoms with van der Waals surface area (Å²) >= 11 is 0. The maximum absolute atomic E-state index is 13.1. The number of nitrogens with one attached hydrogen (secondary N) is 1. The van der Waals surface area contributed by atoms with Crippen LogP contribution in [0.2, 0.25) is 0 Å². The molecule has 0 amide bonds. The molecule has 5 nitrogen and oxygen atoms in total. The zero-order valence-electron chi connectivity index (χ0n) is 15.4. The van der Waals surface area contributed by atoms with Crippen LogP contribution in [-0.2, 0) is 0 Å². The number of rotatable bonds is 3. The first-order valence-corrected chi connectivity index (χ1v) is 9.31. The van der Waals surface area contributed by atoms with Gasteiger partial charge in [-0.1, -0.05) is 42.2 Å². The number of hydrogen-bond acceptors (Lipinski definition) is 5. The first-order chi connectivity index (χ1) is 13.8. The van der Waals surface area contributed by atoms with Crippen LogP contribution in [-0.4, -0.2) is 41.9 Å². The van der Waals surface area contributed by atoms with Crippen LogP contribution in [0.3, 0.4) is 0 Å². The van der Waals surface area contributed by atoms with Crippen molar-refractivity contribution in [2.75, 3.05) is 31.1 Å². The van der Waals surface area contributed by atoms with Crippen molar-refractivity contribution in [3.63, 3.8) is 0 Å². The third kappa shape index (κ3) is 4.08. The minimum atomic E-state index is -0.213. The van der Waals surface area contributed by atoms with Gasteiger partial charge >= 0.3 is 0 Å². The van der Waals surface area contributed by atoms with E-state index in [1.807, 2.05) is 54.6 Å². The van der Waals surface area contributed by atoms with Gasteiger partial charge in [0, 0.05) is 49.1 Å². The summed E-state index contributed by atoms with van der Waals surface area (Å²) in [5, 5.41) is 3.32. The lowest BCUT2D eigenvalue weighted by Crippen LogP contribution is -2.44. The summed E-state index contributed by atoms with van der Waals surface area (Å²) in [6.07, 6.45) is 1.65. The van der Waals surface area contributed by atoms with Crippen molar-refractivity contribution in [2.24, 2.45) is 0 Å². The number of nitrogens with zero attached hydrogens (tertiary/aromatic N) is 3. The topological polar surface area (TPSA) is 58.1 Å². The molecule has 4 rings (SSSR count). The fourth-order valence-corrected chi connectivity index (χ4v) is 3.10. The summed E-state index contributed by atoms with van der Waals surface area (Å²) in [6.45, 7) is 3.55. The summed E-state index contributed by atoms with van der Waals surface area (Å²) in [7, 11) is 0. The van der Waals surface area contributed by atoms with Crippen LogP contribution in [0, 0.1) is 11.8 Å². The van der Waals surface area contributed by atoms with E-state index in [1.165, 1.54) is 0 Å². The van der Waals surface area contributed by atoms with E-state index >= 15 is 0 Å². The van der Waals surface area contributed by atoms with Crippen molar-refractivity contribution in [3.8, 4) is 11.8 Å². The van der Waals surface area contributed by atoms with E-state index in [9.17, 15) is 4.79 Å².